The van der Waals surface area contributed by atoms with Gasteiger partial charge in [-0.05, 0) is 17.7 Å². The van der Waals surface area contributed by atoms with Crippen molar-refractivity contribution >= 4 is 10.9 Å². The molecule has 2 rings (SSSR count). The van der Waals surface area contributed by atoms with Gasteiger partial charge in [0.1, 0.15) is 0 Å². The Kier molecular flexibility index (Phi) is 2.43. The monoisotopic (exact) mass is 187 g/mol. The Morgan fingerprint density at radius 3 is 2.93 bits per heavy atom. The number of nitrogens with zero attached hydrogens (tertiary/aromatic N) is 1. The molecule has 14 heavy (non-hydrogen) atoms. The smallest absolute Gasteiger partial charge is 0.0705 e. The van der Waals surface area contributed by atoms with E-state index in [4.69, 9.17) is 11.5 Å². The Labute approximate surface area is 82.7 Å². The van der Waals surface area contributed by atoms with E-state index in [9.17, 15) is 0 Å². The van der Waals surface area contributed by atoms with Crippen LogP contribution in [0.15, 0.2) is 36.5 Å². The maximum absolute atomic E-state index is 5.83. The lowest BCUT2D eigenvalue weighted by Crippen LogP contribution is -2.20. The van der Waals surface area contributed by atoms with Crippen LogP contribution in [0.1, 0.15) is 11.6 Å². The van der Waals surface area contributed by atoms with Gasteiger partial charge in [0.15, 0.2) is 0 Å². The molecule has 72 valence electrons. The summed E-state index contributed by atoms with van der Waals surface area (Å²) >= 11 is 0. The molecule has 0 fully saturated rings. The summed E-state index contributed by atoms with van der Waals surface area (Å²) in [6.07, 6.45) is 1.78. The Balaban J connectivity index is 2.51. The highest BCUT2D eigenvalue weighted by Gasteiger charge is 2.03. The van der Waals surface area contributed by atoms with E-state index >= 15 is 0 Å². The summed E-state index contributed by atoms with van der Waals surface area (Å²) in [5.41, 5.74) is 13.3. The van der Waals surface area contributed by atoms with Crippen molar-refractivity contribution in [2.75, 3.05) is 6.54 Å². The molecule has 3 heteroatoms. The highest BCUT2D eigenvalue weighted by atomic mass is 14.7. The molecule has 0 aliphatic rings. The zero-order valence-electron chi connectivity index (χ0n) is 7.85. The first-order valence-electron chi connectivity index (χ1n) is 4.61. The Morgan fingerprint density at radius 2 is 2.14 bits per heavy atom. The lowest BCUT2D eigenvalue weighted by molar-refractivity contribution is 0.738. The van der Waals surface area contributed by atoms with Gasteiger partial charge in [-0.25, -0.2) is 0 Å². The summed E-state index contributed by atoms with van der Waals surface area (Å²) < 4.78 is 0. The van der Waals surface area contributed by atoms with Gasteiger partial charge in [-0.3, -0.25) is 4.98 Å². The van der Waals surface area contributed by atoms with Gasteiger partial charge >= 0.3 is 0 Å². The predicted octanol–water partition coefficient (Wildman–Crippen LogP) is 1.19. The van der Waals surface area contributed by atoms with Crippen molar-refractivity contribution in [2.24, 2.45) is 11.5 Å². The van der Waals surface area contributed by atoms with Crippen LogP contribution < -0.4 is 11.5 Å². The lowest BCUT2D eigenvalue weighted by atomic mass is 10.1. The molecule has 0 saturated heterocycles. The van der Waals surface area contributed by atoms with E-state index in [0.717, 1.165) is 16.5 Å². The third kappa shape index (κ3) is 1.60. The minimum absolute atomic E-state index is 0.0959. The molecule has 3 nitrogen and oxygen atoms in total. The quantitative estimate of drug-likeness (QED) is 0.742. The van der Waals surface area contributed by atoms with Crippen LogP contribution >= 0.6 is 0 Å². The average molecular weight is 187 g/mol. The van der Waals surface area contributed by atoms with Gasteiger partial charge in [0, 0.05) is 24.2 Å². The molecule has 0 radical (unpaired) electrons. The Morgan fingerprint density at radius 1 is 1.29 bits per heavy atom. The van der Waals surface area contributed by atoms with Gasteiger partial charge in [-0.2, -0.15) is 0 Å². The molecular formula is C11H13N3. The molecule has 0 amide bonds. The number of rotatable bonds is 2. The van der Waals surface area contributed by atoms with Crippen molar-refractivity contribution in [1.29, 1.82) is 0 Å². The molecule has 0 aliphatic heterocycles. The first kappa shape index (κ1) is 9.12. The standard InChI is InChI=1S/C11H13N3/c12-7-10(13)9-4-3-8-2-1-5-14-11(8)6-9/h1-6,10H,7,12-13H2. The molecule has 0 spiro atoms. The van der Waals surface area contributed by atoms with Gasteiger partial charge in [-0.15, -0.1) is 0 Å². The van der Waals surface area contributed by atoms with Gasteiger partial charge in [0.05, 0.1) is 5.52 Å². The first-order valence-corrected chi connectivity index (χ1v) is 4.61. The van der Waals surface area contributed by atoms with Crippen LogP contribution in [-0.4, -0.2) is 11.5 Å². The van der Waals surface area contributed by atoms with E-state index in [2.05, 4.69) is 4.98 Å². The van der Waals surface area contributed by atoms with Gasteiger partial charge in [-0.1, -0.05) is 18.2 Å². The number of pyridine rings is 1. The first-order chi connectivity index (χ1) is 6.81. The molecule has 1 aromatic heterocycles. The zero-order valence-corrected chi connectivity index (χ0v) is 7.85. The number of nitrogens with two attached hydrogens (primary N) is 2. The molecule has 1 aromatic carbocycles. The summed E-state index contributed by atoms with van der Waals surface area (Å²) in [5, 5.41) is 1.13. The average Bonchev–Trinajstić information content (AvgIpc) is 2.27. The molecule has 4 N–H and O–H groups in total. The van der Waals surface area contributed by atoms with E-state index in [1.807, 2.05) is 30.3 Å². The molecular weight excluding hydrogens is 174 g/mol. The van der Waals surface area contributed by atoms with Crippen LogP contribution in [-0.2, 0) is 0 Å². The third-order valence-electron chi connectivity index (χ3n) is 2.31. The van der Waals surface area contributed by atoms with E-state index in [-0.39, 0.29) is 6.04 Å². The van der Waals surface area contributed by atoms with Crippen molar-refractivity contribution in [3.8, 4) is 0 Å². The SMILES string of the molecule is NCC(N)c1ccc2cccnc2c1. The van der Waals surface area contributed by atoms with Crippen LogP contribution in [0.4, 0.5) is 0 Å². The van der Waals surface area contributed by atoms with E-state index < -0.39 is 0 Å². The van der Waals surface area contributed by atoms with Crippen LogP contribution in [0, 0.1) is 0 Å². The van der Waals surface area contributed by atoms with Crippen molar-refractivity contribution in [2.45, 2.75) is 6.04 Å². The van der Waals surface area contributed by atoms with E-state index in [1.165, 1.54) is 0 Å². The maximum atomic E-state index is 5.83. The number of benzene rings is 1. The van der Waals surface area contributed by atoms with Crippen molar-refractivity contribution in [3.63, 3.8) is 0 Å². The van der Waals surface area contributed by atoms with E-state index in [0.29, 0.717) is 6.54 Å². The molecule has 0 saturated carbocycles. The molecule has 1 unspecified atom stereocenters. The molecule has 0 aliphatic carbocycles. The molecule has 2 aromatic rings. The van der Waals surface area contributed by atoms with Gasteiger partial charge in [0.25, 0.3) is 0 Å². The summed E-state index contributed by atoms with van der Waals surface area (Å²) in [5.74, 6) is 0. The summed E-state index contributed by atoms with van der Waals surface area (Å²) in [6.45, 7) is 0.457. The fourth-order valence-electron chi connectivity index (χ4n) is 1.45. The van der Waals surface area contributed by atoms with Crippen LogP contribution in [0.3, 0.4) is 0 Å². The van der Waals surface area contributed by atoms with Crippen LogP contribution in [0.25, 0.3) is 10.9 Å². The van der Waals surface area contributed by atoms with Crippen LogP contribution in [0.2, 0.25) is 0 Å². The Bertz CT molecular complexity index is 439. The maximum Gasteiger partial charge on any atom is 0.0705 e. The van der Waals surface area contributed by atoms with Crippen molar-refractivity contribution in [1.82, 2.24) is 4.98 Å². The second kappa shape index (κ2) is 3.74. The predicted molar refractivity (Wildman–Crippen MR) is 57.7 cm³/mol. The third-order valence-corrected chi connectivity index (χ3v) is 2.31. The fourth-order valence-corrected chi connectivity index (χ4v) is 1.45. The minimum atomic E-state index is -0.0959. The summed E-state index contributed by atoms with van der Waals surface area (Å²) in [7, 11) is 0. The fraction of sp³-hybridized carbons (Fsp3) is 0.182. The zero-order chi connectivity index (χ0) is 9.97. The lowest BCUT2D eigenvalue weighted by Gasteiger charge is -2.09. The van der Waals surface area contributed by atoms with Crippen molar-refractivity contribution < 1.29 is 0 Å². The number of hydrogen-bond acceptors (Lipinski definition) is 3. The second-order valence-corrected chi connectivity index (χ2v) is 3.30. The number of hydrogen-bond donors (Lipinski definition) is 2. The van der Waals surface area contributed by atoms with Gasteiger partial charge in [0.2, 0.25) is 0 Å². The number of fused-ring (bicyclic) bond motifs is 1. The highest BCUT2D eigenvalue weighted by molar-refractivity contribution is 5.78. The molecule has 1 atom stereocenters. The highest BCUT2D eigenvalue weighted by Crippen LogP contribution is 2.16. The second-order valence-electron chi connectivity index (χ2n) is 3.30. The van der Waals surface area contributed by atoms with Gasteiger partial charge < -0.3 is 11.5 Å². The van der Waals surface area contributed by atoms with E-state index in [1.54, 1.807) is 6.20 Å². The summed E-state index contributed by atoms with van der Waals surface area (Å²) in [4.78, 5) is 4.26. The topological polar surface area (TPSA) is 64.9 Å². The summed E-state index contributed by atoms with van der Waals surface area (Å²) in [6, 6.07) is 9.87. The number of aromatic nitrogens is 1. The molecule has 1 heterocycles. The Hall–Kier alpha value is -1.45. The van der Waals surface area contributed by atoms with Crippen LogP contribution in [0.5, 0.6) is 0 Å². The normalized spacial score (nSPS) is 13.0. The molecule has 0 bridgehead atoms. The minimum Gasteiger partial charge on any atom is -0.329 e. The van der Waals surface area contributed by atoms with Crippen molar-refractivity contribution in [3.05, 3.63) is 42.1 Å². The largest absolute Gasteiger partial charge is 0.329 e.